The summed E-state index contributed by atoms with van der Waals surface area (Å²) >= 11 is 0. The summed E-state index contributed by atoms with van der Waals surface area (Å²) in [6, 6.07) is 17.0. The van der Waals surface area contributed by atoms with Gasteiger partial charge in [0.05, 0.1) is 17.5 Å². The number of benzene rings is 2. The van der Waals surface area contributed by atoms with Crippen molar-refractivity contribution in [2.75, 3.05) is 75.7 Å². The van der Waals surface area contributed by atoms with Crippen LogP contribution in [0.15, 0.2) is 54.6 Å². The van der Waals surface area contributed by atoms with E-state index >= 15 is 0 Å². The van der Waals surface area contributed by atoms with Gasteiger partial charge in [-0.05, 0) is 144 Å². The molecule has 9 rings (SSSR count). The molecule has 2 saturated carbocycles. The minimum absolute atomic E-state index is 0.0521. The SMILES string of the molecule is C#Cc1ccc(CNC(=O)[C@@H]2C[C@@H](O)CN2C(=O)[C@@H](NC(=O)[C@H]2CCC3(CC2)C[C@H](N2CCC(N4CCC(N5CCN(c6cc(-c7ccccc7O)nnc6NCC)CC5)CC4)CC2)C3)C(C)(C)C)cc1. The smallest absolute Gasteiger partial charge is 0.246 e. The summed E-state index contributed by atoms with van der Waals surface area (Å²) in [4.78, 5) is 53.8. The maximum atomic E-state index is 14.2. The number of piperidine rings is 2. The average molecular weight is 971 g/mol. The van der Waals surface area contributed by atoms with Gasteiger partial charge in [-0.25, -0.2) is 0 Å². The molecule has 0 bridgehead atoms. The molecule has 5 heterocycles. The van der Waals surface area contributed by atoms with Crippen LogP contribution >= 0.6 is 0 Å². The van der Waals surface area contributed by atoms with Gasteiger partial charge in [0.1, 0.15) is 17.8 Å². The molecule has 1 aromatic heterocycles. The third-order valence-electron chi connectivity index (χ3n) is 17.1. The molecular weight excluding hydrogens is 893 g/mol. The highest BCUT2D eigenvalue weighted by molar-refractivity contribution is 5.93. The third kappa shape index (κ3) is 11.5. The Bertz CT molecular complexity index is 2360. The summed E-state index contributed by atoms with van der Waals surface area (Å²) in [6.07, 6.45) is 15.9. The number of para-hydroxylation sites is 1. The Balaban J connectivity index is 0.688. The van der Waals surface area contributed by atoms with Crippen LogP contribution < -0.4 is 20.9 Å². The van der Waals surface area contributed by atoms with Crippen molar-refractivity contribution in [2.45, 2.75) is 141 Å². The maximum Gasteiger partial charge on any atom is 0.246 e. The van der Waals surface area contributed by atoms with Gasteiger partial charge < -0.3 is 45.8 Å². The maximum absolute atomic E-state index is 14.2. The Morgan fingerprint density at radius 3 is 2.04 bits per heavy atom. The molecule has 71 heavy (non-hydrogen) atoms. The standard InChI is InChI=1S/C56H78N10O5/c1-6-38-12-14-39(15-13-38)36-58-53(70)48-32-44(67)37-66(48)54(71)50(55(3,4)5)59-52(69)40-16-22-56(23-17-40)34-43(35-56)63-26-20-41(21-27-63)62-24-18-42(19-25-62)64-28-30-65(31-29-64)47-33-46(60-61-51(47)57-7-2)45-10-8-9-11-49(45)68/h1,8-15,33,40-44,48,50,67-68H,7,16-32,34-37H2,2-5H3,(H,57,61)(H,58,70)(H,59,69)/t40-,43-,44-,48+,50-,56?/m1/s1. The highest BCUT2D eigenvalue weighted by Gasteiger charge is 2.50. The highest BCUT2D eigenvalue weighted by Crippen LogP contribution is 2.55. The monoisotopic (exact) mass is 971 g/mol. The van der Waals surface area contributed by atoms with Crippen LogP contribution in [0, 0.1) is 29.1 Å². The molecule has 2 aromatic carbocycles. The second kappa shape index (κ2) is 21.8. The number of nitrogens with zero attached hydrogens (tertiary/aromatic N) is 7. The number of hydrogen-bond acceptors (Lipinski definition) is 12. The zero-order valence-corrected chi connectivity index (χ0v) is 42.6. The molecule has 3 amide bonds. The first-order chi connectivity index (χ1) is 34.2. The molecule has 15 heteroatoms. The zero-order valence-electron chi connectivity index (χ0n) is 42.6. The fourth-order valence-corrected chi connectivity index (χ4v) is 12.8. The summed E-state index contributed by atoms with van der Waals surface area (Å²) in [7, 11) is 0. The van der Waals surface area contributed by atoms with Gasteiger partial charge in [0, 0.05) is 87.4 Å². The molecule has 4 aliphatic heterocycles. The molecule has 3 aromatic rings. The van der Waals surface area contributed by atoms with E-state index in [0.29, 0.717) is 34.8 Å². The van der Waals surface area contributed by atoms with Crippen molar-refractivity contribution < 1.29 is 24.6 Å². The van der Waals surface area contributed by atoms with Gasteiger partial charge in [0.2, 0.25) is 17.7 Å². The van der Waals surface area contributed by atoms with Crippen LogP contribution in [0.3, 0.4) is 0 Å². The van der Waals surface area contributed by atoms with Crippen molar-refractivity contribution >= 4 is 29.2 Å². The van der Waals surface area contributed by atoms with E-state index in [2.05, 4.69) is 64.7 Å². The van der Waals surface area contributed by atoms with Crippen molar-refractivity contribution in [1.82, 2.24) is 40.4 Å². The molecule has 0 unspecified atom stereocenters. The van der Waals surface area contributed by atoms with Crippen LogP contribution in [-0.4, -0.2) is 159 Å². The molecule has 6 fully saturated rings. The first-order valence-corrected chi connectivity index (χ1v) is 26.7. The third-order valence-corrected chi connectivity index (χ3v) is 17.1. The molecular formula is C56H78N10O5. The largest absolute Gasteiger partial charge is 0.507 e. The number of piperazine rings is 1. The summed E-state index contributed by atoms with van der Waals surface area (Å²) in [5.41, 5.74) is 3.79. The van der Waals surface area contributed by atoms with Crippen LogP contribution in [0.2, 0.25) is 0 Å². The summed E-state index contributed by atoms with van der Waals surface area (Å²) in [6.45, 7) is 17.6. The van der Waals surface area contributed by atoms with Crippen molar-refractivity contribution in [3.8, 4) is 29.4 Å². The Morgan fingerprint density at radius 1 is 0.817 bits per heavy atom. The molecule has 3 atom stereocenters. The number of β-amino-alcohol motifs (C(OH)–C–C–N with tert-alkyl or cyclic N) is 1. The van der Waals surface area contributed by atoms with Gasteiger partial charge in [-0.2, -0.15) is 0 Å². The minimum atomic E-state index is -0.825. The Morgan fingerprint density at radius 2 is 1.44 bits per heavy atom. The number of hydrogen-bond donors (Lipinski definition) is 5. The number of likely N-dealkylation sites (tertiary alicyclic amines) is 3. The quantitative estimate of drug-likeness (QED) is 0.138. The predicted molar refractivity (Wildman–Crippen MR) is 277 cm³/mol. The van der Waals surface area contributed by atoms with Crippen LogP contribution in [0.25, 0.3) is 11.3 Å². The van der Waals surface area contributed by atoms with E-state index in [4.69, 9.17) is 6.42 Å². The highest BCUT2D eigenvalue weighted by atomic mass is 16.3. The van der Waals surface area contributed by atoms with E-state index in [1.807, 2.05) is 63.2 Å². The number of aliphatic hydroxyl groups excluding tert-OH is 1. The van der Waals surface area contributed by atoms with Gasteiger partial charge >= 0.3 is 0 Å². The number of carbonyl (C=O) groups is 3. The van der Waals surface area contributed by atoms with Crippen LogP contribution in [-0.2, 0) is 20.9 Å². The number of terminal acetylenes is 1. The van der Waals surface area contributed by atoms with Gasteiger partial charge in [-0.15, -0.1) is 16.6 Å². The fourth-order valence-electron chi connectivity index (χ4n) is 12.8. The summed E-state index contributed by atoms with van der Waals surface area (Å²) < 4.78 is 0. The first-order valence-electron chi connectivity index (χ1n) is 26.7. The second-order valence-electron chi connectivity index (χ2n) is 22.7. The average Bonchev–Trinajstić information content (AvgIpc) is 3.78. The van der Waals surface area contributed by atoms with Crippen LogP contribution in [0.4, 0.5) is 11.5 Å². The van der Waals surface area contributed by atoms with Gasteiger partial charge in [0.25, 0.3) is 0 Å². The summed E-state index contributed by atoms with van der Waals surface area (Å²) in [5.74, 6) is 2.74. The first kappa shape index (κ1) is 50.7. The number of carbonyl (C=O) groups excluding carboxylic acids is 3. The van der Waals surface area contributed by atoms with Crippen LogP contribution in [0.5, 0.6) is 5.75 Å². The van der Waals surface area contributed by atoms with Gasteiger partial charge in [0.15, 0.2) is 5.82 Å². The Labute approximate surface area is 421 Å². The lowest BCUT2D eigenvalue weighted by Crippen LogP contribution is -2.59. The number of amides is 3. The van der Waals surface area contributed by atoms with E-state index in [9.17, 15) is 24.6 Å². The van der Waals surface area contributed by atoms with Crippen LogP contribution in [0.1, 0.15) is 109 Å². The lowest BCUT2D eigenvalue weighted by Gasteiger charge is -2.56. The molecule has 0 radical (unpaired) electrons. The molecule has 382 valence electrons. The summed E-state index contributed by atoms with van der Waals surface area (Å²) in [5, 5.41) is 39.6. The predicted octanol–water partition coefficient (Wildman–Crippen LogP) is 5.46. The molecule has 2 aliphatic carbocycles. The topological polar surface area (TPSA) is 170 Å². The second-order valence-corrected chi connectivity index (χ2v) is 22.7. The lowest BCUT2D eigenvalue weighted by atomic mass is 9.56. The van der Waals surface area contributed by atoms with E-state index in [1.165, 1.54) is 69.6 Å². The number of aromatic hydroxyl groups is 1. The molecule has 4 saturated heterocycles. The number of aliphatic hydroxyl groups is 1. The zero-order chi connectivity index (χ0) is 49.9. The fraction of sp³-hybridized carbons (Fsp3) is 0.625. The lowest BCUT2D eigenvalue weighted by molar-refractivity contribution is -0.145. The minimum Gasteiger partial charge on any atom is -0.507 e. The van der Waals surface area contributed by atoms with Crippen molar-refractivity contribution in [2.24, 2.45) is 16.7 Å². The van der Waals surface area contributed by atoms with E-state index < -0.39 is 23.6 Å². The Kier molecular flexibility index (Phi) is 15.6. The van der Waals surface area contributed by atoms with E-state index in [0.717, 1.165) is 81.0 Å². The number of aromatic nitrogens is 2. The number of phenols is 1. The molecule has 6 aliphatic rings. The Hall–Kier alpha value is -5.27. The van der Waals surface area contributed by atoms with Gasteiger partial charge in [-0.1, -0.05) is 51.0 Å². The number of phenolic OH excluding ortho intramolecular Hbond substituents is 1. The molecule has 5 N–H and O–H groups in total. The van der Waals surface area contributed by atoms with E-state index in [1.54, 1.807) is 6.07 Å². The number of anilines is 2. The number of nitrogens with one attached hydrogen (secondary N) is 3. The van der Waals surface area contributed by atoms with Gasteiger partial charge in [-0.3, -0.25) is 19.3 Å². The normalized spacial score (nSPS) is 26.6. The molecule has 1 spiro atoms. The van der Waals surface area contributed by atoms with Crippen molar-refractivity contribution in [1.29, 1.82) is 0 Å². The molecule has 15 nitrogen and oxygen atoms in total. The van der Waals surface area contributed by atoms with E-state index in [-0.39, 0.29) is 48.9 Å². The van der Waals surface area contributed by atoms with Crippen molar-refractivity contribution in [3.63, 3.8) is 0 Å². The van der Waals surface area contributed by atoms with Crippen molar-refractivity contribution in [3.05, 3.63) is 65.7 Å². The number of rotatable bonds is 13.